The van der Waals surface area contributed by atoms with Crippen molar-refractivity contribution in [3.8, 4) is 5.75 Å². The maximum Gasteiger partial charge on any atom is 0.307 e. The Hall–Kier alpha value is -2.34. The molecule has 1 atom stereocenters. The first-order chi connectivity index (χ1) is 11.6. The number of aromatic nitrogens is 2. The SMILES string of the molecule is Cn1ccnc1COc1ccc(CN2CCCC(C(=O)O)C2)cc1. The predicted octanol–water partition coefficient (Wildman–Crippen LogP) is 2.30. The van der Waals surface area contributed by atoms with E-state index in [9.17, 15) is 4.79 Å². The van der Waals surface area contributed by atoms with Crippen LogP contribution in [-0.2, 0) is 25.0 Å². The van der Waals surface area contributed by atoms with Crippen LogP contribution in [0.15, 0.2) is 36.7 Å². The maximum atomic E-state index is 11.1. The molecule has 6 heteroatoms. The van der Waals surface area contributed by atoms with Crippen molar-refractivity contribution in [2.75, 3.05) is 13.1 Å². The van der Waals surface area contributed by atoms with E-state index in [1.165, 1.54) is 5.56 Å². The molecule has 0 bridgehead atoms. The maximum absolute atomic E-state index is 11.1. The Bertz CT molecular complexity index is 681. The molecule has 1 aliphatic rings. The minimum absolute atomic E-state index is 0.237. The normalized spacial score (nSPS) is 18.5. The molecule has 6 nitrogen and oxygen atoms in total. The number of hydrogen-bond donors (Lipinski definition) is 1. The van der Waals surface area contributed by atoms with Gasteiger partial charge in [0.05, 0.1) is 5.92 Å². The Morgan fingerprint density at radius 1 is 1.38 bits per heavy atom. The number of carboxylic acids is 1. The Labute approximate surface area is 141 Å². The van der Waals surface area contributed by atoms with Crippen LogP contribution in [-0.4, -0.2) is 38.6 Å². The zero-order chi connectivity index (χ0) is 16.9. The lowest BCUT2D eigenvalue weighted by Crippen LogP contribution is -2.38. The number of nitrogens with zero attached hydrogens (tertiary/aromatic N) is 3. The molecule has 1 saturated heterocycles. The van der Waals surface area contributed by atoms with Crippen molar-refractivity contribution in [2.24, 2.45) is 13.0 Å². The van der Waals surface area contributed by atoms with Crippen LogP contribution in [0.2, 0.25) is 0 Å². The second-order valence-electron chi connectivity index (χ2n) is 6.30. The van der Waals surface area contributed by atoms with E-state index < -0.39 is 5.97 Å². The molecule has 1 aliphatic heterocycles. The number of carboxylic acid groups (broad SMARTS) is 1. The van der Waals surface area contributed by atoms with Gasteiger partial charge in [-0.2, -0.15) is 0 Å². The van der Waals surface area contributed by atoms with E-state index in [0.717, 1.165) is 37.5 Å². The minimum Gasteiger partial charge on any atom is -0.486 e. The molecule has 24 heavy (non-hydrogen) atoms. The van der Waals surface area contributed by atoms with Gasteiger partial charge < -0.3 is 14.4 Å². The van der Waals surface area contributed by atoms with Gasteiger partial charge >= 0.3 is 5.97 Å². The highest BCUT2D eigenvalue weighted by Crippen LogP contribution is 2.20. The lowest BCUT2D eigenvalue weighted by Gasteiger charge is -2.30. The highest BCUT2D eigenvalue weighted by molar-refractivity contribution is 5.70. The number of rotatable bonds is 6. The van der Waals surface area contributed by atoms with E-state index in [1.807, 2.05) is 42.1 Å². The fraction of sp³-hybridized carbons (Fsp3) is 0.444. The monoisotopic (exact) mass is 329 g/mol. The molecule has 128 valence electrons. The summed E-state index contributed by atoms with van der Waals surface area (Å²) in [5, 5.41) is 9.17. The second kappa shape index (κ2) is 7.49. The molecule has 2 aromatic rings. The fourth-order valence-corrected chi connectivity index (χ4v) is 3.03. The summed E-state index contributed by atoms with van der Waals surface area (Å²) >= 11 is 0. The number of benzene rings is 1. The summed E-state index contributed by atoms with van der Waals surface area (Å²) in [5.74, 6) is 0.771. The Balaban J connectivity index is 1.52. The first kappa shape index (κ1) is 16.5. The second-order valence-corrected chi connectivity index (χ2v) is 6.30. The molecule has 1 N–H and O–H groups in total. The first-order valence-corrected chi connectivity index (χ1v) is 8.25. The predicted molar refractivity (Wildman–Crippen MR) is 89.6 cm³/mol. The van der Waals surface area contributed by atoms with E-state index in [0.29, 0.717) is 13.2 Å². The Kier molecular flexibility index (Phi) is 5.15. The van der Waals surface area contributed by atoms with Gasteiger partial charge in [0.1, 0.15) is 18.2 Å². The van der Waals surface area contributed by atoms with Crippen LogP contribution in [0.1, 0.15) is 24.2 Å². The summed E-state index contributed by atoms with van der Waals surface area (Å²) in [7, 11) is 1.94. The first-order valence-electron chi connectivity index (χ1n) is 8.25. The van der Waals surface area contributed by atoms with Crippen LogP contribution in [0.25, 0.3) is 0 Å². The van der Waals surface area contributed by atoms with Crippen LogP contribution in [0.5, 0.6) is 5.75 Å². The van der Waals surface area contributed by atoms with Gasteiger partial charge in [-0.3, -0.25) is 9.69 Å². The van der Waals surface area contributed by atoms with Gasteiger partial charge in [0, 0.05) is 32.5 Å². The molecule has 1 unspecified atom stereocenters. The molecule has 1 aromatic carbocycles. The molecule has 2 heterocycles. The smallest absolute Gasteiger partial charge is 0.307 e. The summed E-state index contributed by atoms with van der Waals surface area (Å²) in [5.41, 5.74) is 1.17. The van der Waals surface area contributed by atoms with E-state index >= 15 is 0 Å². The molecular formula is C18H23N3O3. The topological polar surface area (TPSA) is 67.6 Å². The van der Waals surface area contributed by atoms with Gasteiger partial charge in [-0.25, -0.2) is 4.98 Å². The van der Waals surface area contributed by atoms with Crippen molar-refractivity contribution in [3.05, 3.63) is 48.0 Å². The number of likely N-dealkylation sites (tertiary alicyclic amines) is 1. The Morgan fingerprint density at radius 3 is 2.83 bits per heavy atom. The van der Waals surface area contributed by atoms with Crippen LogP contribution < -0.4 is 4.74 Å². The van der Waals surface area contributed by atoms with Gasteiger partial charge in [-0.05, 0) is 37.1 Å². The molecule has 0 radical (unpaired) electrons. The van der Waals surface area contributed by atoms with Crippen molar-refractivity contribution in [2.45, 2.75) is 26.0 Å². The molecule has 0 saturated carbocycles. The number of aliphatic carboxylic acids is 1. The van der Waals surface area contributed by atoms with Crippen LogP contribution in [0.3, 0.4) is 0 Å². The van der Waals surface area contributed by atoms with Crippen LogP contribution in [0, 0.1) is 5.92 Å². The number of piperidine rings is 1. The zero-order valence-corrected chi connectivity index (χ0v) is 13.9. The summed E-state index contributed by atoms with van der Waals surface area (Å²) in [6.07, 6.45) is 5.38. The summed E-state index contributed by atoms with van der Waals surface area (Å²) in [4.78, 5) is 17.6. The van der Waals surface area contributed by atoms with Gasteiger partial charge in [0.25, 0.3) is 0 Å². The quantitative estimate of drug-likeness (QED) is 0.881. The third kappa shape index (κ3) is 4.14. The molecular weight excluding hydrogens is 306 g/mol. The van der Waals surface area contributed by atoms with Gasteiger partial charge in [-0.15, -0.1) is 0 Å². The number of carbonyl (C=O) groups is 1. The van der Waals surface area contributed by atoms with E-state index in [1.54, 1.807) is 6.20 Å². The van der Waals surface area contributed by atoms with Crippen molar-refractivity contribution in [3.63, 3.8) is 0 Å². The number of imidazole rings is 1. The van der Waals surface area contributed by atoms with Crippen LogP contribution >= 0.6 is 0 Å². The van der Waals surface area contributed by atoms with E-state index in [2.05, 4.69) is 9.88 Å². The lowest BCUT2D eigenvalue weighted by atomic mass is 9.98. The third-order valence-corrected chi connectivity index (χ3v) is 4.47. The fourth-order valence-electron chi connectivity index (χ4n) is 3.03. The van der Waals surface area contributed by atoms with Crippen molar-refractivity contribution < 1.29 is 14.6 Å². The third-order valence-electron chi connectivity index (χ3n) is 4.47. The molecule has 3 rings (SSSR count). The molecule has 0 aliphatic carbocycles. The summed E-state index contributed by atoms with van der Waals surface area (Å²) < 4.78 is 7.68. The number of aryl methyl sites for hydroxylation is 1. The van der Waals surface area contributed by atoms with Crippen LogP contribution in [0.4, 0.5) is 0 Å². The molecule has 0 amide bonds. The average Bonchev–Trinajstić information content (AvgIpc) is 2.99. The standard InChI is InChI=1S/C18H23N3O3/c1-20-10-8-19-17(20)13-24-16-6-4-14(5-7-16)11-21-9-2-3-15(12-21)18(22)23/h4-8,10,15H,2-3,9,11-13H2,1H3,(H,22,23). The van der Waals surface area contributed by atoms with Gasteiger partial charge in [0.2, 0.25) is 0 Å². The molecule has 1 aromatic heterocycles. The van der Waals surface area contributed by atoms with E-state index in [-0.39, 0.29) is 5.92 Å². The average molecular weight is 329 g/mol. The number of ether oxygens (including phenoxy) is 1. The lowest BCUT2D eigenvalue weighted by molar-refractivity contribution is -0.143. The number of hydrogen-bond acceptors (Lipinski definition) is 4. The minimum atomic E-state index is -0.683. The van der Waals surface area contributed by atoms with Crippen molar-refractivity contribution in [1.29, 1.82) is 0 Å². The zero-order valence-electron chi connectivity index (χ0n) is 13.9. The van der Waals surface area contributed by atoms with Gasteiger partial charge in [-0.1, -0.05) is 12.1 Å². The largest absolute Gasteiger partial charge is 0.486 e. The van der Waals surface area contributed by atoms with Gasteiger partial charge in [0.15, 0.2) is 0 Å². The van der Waals surface area contributed by atoms with Crippen molar-refractivity contribution in [1.82, 2.24) is 14.5 Å². The highest BCUT2D eigenvalue weighted by atomic mass is 16.5. The van der Waals surface area contributed by atoms with Crippen molar-refractivity contribution >= 4 is 5.97 Å². The highest BCUT2D eigenvalue weighted by Gasteiger charge is 2.25. The summed E-state index contributed by atoms with van der Waals surface area (Å²) in [6, 6.07) is 7.99. The molecule has 0 spiro atoms. The molecule has 1 fully saturated rings. The Morgan fingerprint density at radius 2 is 2.17 bits per heavy atom. The van der Waals surface area contributed by atoms with E-state index in [4.69, 9.17) is 9.84 Å². The summed E-state index contributed by atoms with van der Waals surface area (Å²) in [6.45, 7) is 2.81.